The molecule has 2 amide bonds. The van der Waals surface area contributed by atoms with Crippen LogP contribution in [0.2, 0.25) is 0 Å². The van der Waals surface area contributed by atoms with E-state index in [0.717, 1.165) is 10.2 Å². The van der Waals surface area contributed by atoms with Gasteiger partial charge in [0, 0.05) is 23.6 Å². The average Bonchev–Trinajstić information content (AvgIpc) is 2.91. The first-order valence-corrected chi connectivity index (χ1v) is 9.46. The second-order valence-electron chi connectivity index (χ2n) is 5.54. The number of nitrogens with zero attached hydrogens (tertiary/aromatic N) is 2. The summed E-state index contributed by atoms with van der Waals surface area (Å²) in [7, 11) is 0. The van der Waals surface area contributed by atoms with Gasteiger partial charge in [-0.05, 0) is 46.3 Å². The Bertz CT molecular complexity index is 1080. The Hall–Kier alpha value is -2.51. The van der Waals surface area contributed by atoms with Gasteiger partial charge in [-0.25, -0.2) is 0 Å². The third-order valence-corrected chi connectivity index (χ3v) is 5.35. The molecule has 26 heavy (non-hydrogen) atoms. The molecule has 1 aromatic heterocycles. The first-order valence-electron chi connectivity index (χ1n) is 7.85. The summed E-state index contributed by atoms with van der Waals surface area (Å²) in [6.07, 6.45) is 1.76. The minimum atomic E-state index is -0.316. The second-order valence-corrected chi connectivity index (χ2v) is 7.41. The van der Waals surface area contributed by atoms with Crippen LogP contribution >= 0.6 is 27.3 Å². The number of anilines is 1. The number of nitrogens with one attached hydrogen (secondary N) is 1. The van der Waals surface area contributed by atoms with E-state index in [1.165, 1.54) is 18.3 Å². The second kappa shape index (κ2) is 7.80. The number of hydrogen-bond donors (Lipinski definition) is 1. The van der Waals surface area contributed by atoms with Crippen molar-refractivity contribution in [3.63, 3.8) is 0 Å². The Morgan fingerprint density at radius 2 is 2.08 bits per heavy atom. The van der Waals surface area contributed by atoms with E-state index in [0.29, 0.717) is 27.1 Å². The number of rotatable bonds is 4. The predicted molar refractivity (Wildman–Crippen MR) is 108 cm³/mol. The minimum absolute atomic E-state index is 0.131. The summed E-state index contributed by atoms with van der Waals surface area (Å²) in [4.78, 5) is 28.8. The highest BCUT2D eigenvalue weighted by Crippen LogP contribution is 2.23. The minimum Gasteiger partial charge on any atom is -0.326 e. The van der Waals surface area contributed by atoms with Gasteiger partial charge in [0.15, 0.2) is 4.80 Å². The van der Waals surface area contributed by atoms with Gasteiger partial charge < -0.3 is 9.88 Å². The van der Waals surface area contributed by atoms with Crippen molar-refractivity contribution < 1.29 is 9.59 Å². The number of carbonyl (C=O) groups is 2. The predicted octanol–water partition coefficient (Wildman–Crippen LogP) is 4.35. The Balaban J connectivity index is 2.13. The van der Waals surface area contributed by atoms with Crippen LogP contribution in [0.4, 0.5) is 5.69 Å². The zero-order valence-corrected chi connectivity index (χ0v) is 16.4. The molecule has 0 spiro atoms. The molecule has 3 aromatic rings. The van der Waals surface area contributed by atoms with Gasteiger partial charge in [0.1, 0.15) is 0 Å². The first-order chi connectivity index (χ1) is 12.5. The Morgan fingerprint density at radius 3 is 2.77 bits per heavy atom. The largest absolute Gasteiger partial charge is 0.326 e. The summed E-state index contributed by atoms with van der Waals surface area (Å²) in [5, 5.41) is 2.77. The Labute approximate surface area is 162 Å². The van der Waals surface area contributed by atoms with Crippen LogP contribution in [-0.2, 0) is 11.3 Å². The van der Waals surface area contributed by atoms with E-state index in [2.05, 4.69) is 32.8 Å². The van der Waals surface area contributed by atoms with Crippen molar-refractivity contribution in [2.24, 2.45) is 4.99 Å². The molecule has 0 aliphatic rings. The first kappa shape index (κ1) is 18.3. The highest BCUT2D eigenvalue weighted by Gasteiger charge is 2.11. The van der Waals surface area contributed by atoms with Crippen molar-refractivity contribution >= 4 is 55.0 Å². The molecule has 0 unspecified atom stereocenters. The average molecular weight is 430 g/mol. The van der Waals surface area contributed by atoms with E-state index in [1.54, 1.807) is 18.2 Å². The molecule has 132 valence electrons. The molecule has 7 heteroatoms. The van der Waals surface area contributed by atoms with Gasteiger partial charge in [0.2, 0.25) is 5.91 Å². The fourth-order valence-electron chi connectivity index (χ4n) is 2.53. The highest BCUT2D eigenvalue weighted by atomic mass is 79.9. The molecule has 0 atom stereocenters. The number of aromatic nitrogens is 1. The summed E-state index contributed by atoms with van der Waals surface area (Å²) in [6.45, 7) is 5.78. The smallest absolute Gasteiger partial charge is 0.280 e. The number of halogens is 1. The molecule has 2 aromatic carbocycles. The lowest BCUT2D eigenvalue weighted by Crippen LogP contribution is -2.16. The van der Waals surface area contributed by atoms with Gasteiger partial charge >= 0.3 is 0 Å². The van der Waals surface area contributed by atoms with Crippen LogP contribution in [0.5, 0.6) is 0 Å². The van der Waals surface area contributed by atoms with Crippen LogP contribution in [-0.4, -0.2) is 16.4 Å². The zero-order valence-electron chi connectivity index (χ0n) is 14.0. The standard InChI is InChI=1S/C19H16BrN3O2S/c1-3-10-23-16-9-8-13(21-12(2)24)11-17(16)26-19(23)22-18(25)14-6-4-5-7-15(14)20/h3-9,11H,1,10H2,2H3,(H,21,24). The lowest BCUT2D eigenvalue weighted by atomic mass is 10.2. The van der Waals surface area contributed by atoms with Gasteiger partial charge in [-0.3, -0.25) is 9.59 Å². The van der Waals surface area contributed by atoms with Gasteiger partial charge in [-0.15, -0.1) is 6.58 Å². The maximum Gasteiger partial charge on any atom is 0.280 e. The zero-order chi connectivity index (χ0) is 18.7. The SMILES string of the molecule is C=CCn1c(=NC(=O)c2ccccc2Br)sc2cc(NC(C)=O)ccc21. The number of thiazole rings is 1. The highest BCUT2D eigenvalue weighted by molar-refractivity contribution is 9.10. The quantitative estimate of drug-likeness (QED) is 0.626. The van der Waals surface area contributed by atoms with Crippen LogP contribution in [0, 0.1) is 0 Å². The van der Waals surface area contributed by atoms with Crippen LogP contribution in [0.25, 0.3) is 10.2 Å². The summed E-state index contributed by atoms with van der Waals surface area (Å²) in [5.74, 6) is -0.446. The molecule has 0 saturated heterocycles. The molecule has 5 nitrogen and oxygen atoms in total. The van der Waals surface area contributed by atoms with Gasteiger partial charge in [0.25, 0.3) is 5.91 Å². The van der Waals surface area contributed by atoms with Crippen molar-refractivity contribution in [1.29, 1.82) is 0 Å². The molecule has 1 N–H and O–H groups in total. The number of benzene rings is 2. The molecule has 0 radical (unpaired) electrons. The van der Waals surface area contributed by atoms with Crippen molar-refractivity contribution in [2.45, 2.75) is 13.5 Å². The van der Waals surface area contributed by atoms with Crippen LogP contribution in [0.1, 0.15) is 17.3 Å². The molecule has 3 rings (SSSR count). The van der Waals surface area contributed by atoms with E-state index in [9.17, 15) is 9.59 Å². The van der Waals surface area contributed by atoms with Crippen LogP contribution < -0.4 is 10.1 Å². The number of fused-ring (bicyclic) bond motifs is 1. The Morgan fingerprint density at radius 1 is 1.31 bits per heavy atom. The number of carbonyl (C=O) groups excluding carboxylic acids is 2. The lowest BCUT2D eigenvalue weighted by Gasteiger charge is -2.04. The molecular formula is C19H16BrN3O2S. The van der Waals surface area contributed by atoms with E-state index in [4.69, 9.17) is 0 Å². The molecular weight excluding hydrogens is 414 g/mol. The third kappa shape index (κ3) is 3.84. The molecule has 0 fully saturated rings. The fourth-order valence-corrected chi connectivity index (χ4v) is 4.06. The molecule has 0 aliphatic carbocycles. The van der Waals surface area contributed by atoms with Crippen molar-refractivity contribution in [3.05, 3.63) is 70.0 Å². The van der Waals surface area contributed by atoms with Crippen LogP contribution in [0.3, 0.4) is 0 Å². The van der Waals surface area contributed by atoms with Gasteiger partial charge in [-0.1, -0.05) is 29.5 Å². The maximum absolute atomic E-state index is 12.6. The topological polar surface area (TPSA) is 63.5 Å². The number of amides is 2. The molecule has 0 bridgehead atoms. The van der Waals surface area contributed by atoms with Crippen molar-refractivity contribution in [1.82, 2.24) is 4.57 Å². The van der Waals surface area contributed by atoms with E-state index < -0.39 is 0 Å². The third-order valence-electron chi connectivity index (χ3n) is 3.62. The lowest BCUT2D eigenvalue weighted by molar-refractivity contribution is -0.114. The fraction of sp³-hybridized carbons (Fsp3) is 0.105. The van der Waals surface area contributed by atoms with Crippen molar-refractivity contribution in [2.75, 3.05) is 5.32 Å². The van der Waals surface area contributed by atoms with Gasteiger partial charge in [0.05, 0.1) is 15.8 Å². The monoisotopic (exact) mass is 429 g/mol. The number of allylic oxidation sites excluding steroid dienone is 1. The molecule has 0 saturated carbocycles. The summed E-state index contributed by atoms with van der Waals surface area (Å²) < 4.78 is 3.56. The summed E-state index contributed by atoms with van der Waals surface area (Å²) >= 11 is 4.78. The Kier molecular flexibility index (Phi) is 5.49. The van der Waals surface area contributed by atoms with E-state index >= 15 is 0 Å². The normalized spacial score (nSPS) is 11.5. The summed E-state index contributed by atoms with van der Waals surface area (Å²) in [5.41, 5.74) is 2.15. The van der Waals surface area contributed by atoms with Crippen molar-refractivity contribution in [3.8, 4) is 0 Å². The molecule has 1 heterocycles. The molecule has 0 aliphatic heterocycles. The van der Waals surface area contributed by atoms with Crippen LogP contribution in [0.15, 0.2) is 64.6 Å². The van der Waals surface area contributed by atoms with E-state index in [1.807, 2.05) is 34.9 Å². The maximum atomic E-state index is 12.6. The van der Waals surface area contributed by atoms with E-state index in [-0.39, 0.29) is 11.8 Å². The summed E-state index contributed by atoms with van der Waals surface area (Å²) in [6, 6.07) is 12.8. The van der Waals surface area contributed by atoms with Gasteiger partial charge in [-0.2, -0.15) is 4.99 Å². The number of hydrogen-bond acceptors (Lipinski definition) is 3.